The van der Waals surface area contributed by atoms with Crippen molar-refractivity contribution in [2.45, 2.75) is 75.9 Å². The predicted molar refractivity (Wildman–Crippen MR) is 120 cm³/mol. The van der Waals surface area contributed by atoms with Gasteiger partial charge in [0.15, 0.2) is 0 Å². The van der Waals surface area contributed by atoms with Crippen LogP contribution in [0.3, 0.4) is 0 Å². The number of carbonyl (C=O) groups excluding carboxylic acids is 2. The highest BCUT2D eigenvalue weighted by atomic mass is 19.1. The predicted octanol–water partition coefficient (Wildman–Crippen LogP) is 5.53. The third-order valence-electron chi connectivity index (χ3n) is 8.35. The first-order valence-corrected chi connectivity index (χ1v) is 12.5. The summed E-state index contributed by atoms with van der Waals surface area (Å²) in [5.74, 6) is -0.873. The summed E-state index contributed by atoms with van der Waals surface area (Å²) < 4.78 is 33.7. The van der Waals surface area contributed by atoms with Crippen LogP contribution in [0.4, 0.5) is 24.1 Å². The van der Waals surface area contributed by atoms with E-state index in [1.807, 2.05) is 4.90 Å². The summed E-state index contributed by atoms with van der Waals surface area (Å²) in [5, 5.41) is 2.59. The smallest absolute Gasteiger partial charge is 0.410 e. The quantitative estimate of drug-likeness (QED) is 0.644. The molecule has 2 aliphatic heterocycles. The number of piperazine rings is 1. The Labute approximate surface area is 193 Å². The molecular formula is C25H33F2N3O3. The third-order valence-corrected chi connectivity index (χ3v) is 8.35. The first-order valence-electron chi connectivity index (χ1n) is 12.5. The van der Waals surface area contributed by atoms with Crippen molar-refractivity contribution in [2.24, 2.45) is 11.8 Å². The highest BCUT2D eigenvalue weighted by Gasteiger charge is 2.62. The number of ether oxygens (including phenoxy) is 1. The Morgan fingerprint density at radius 1 is 0.970 bits per heavy atom. The maximum Gasteiger partial charge on any atom is 0.410 e. The number of benzene rings is 1. The Morgan fingerprint density at radius 3 is 2.21 bits per heavy atom. The van der Waals surface area contributed by atoms with Gasteiger partial charge in [0, 0.05) is 37.5 Å². The summed E-state index contributed by atoms with van der Waals surface area (Å²) in [6.45, 7) is 1.13. The van der Waals surface area contributed by atoms with E-state index in [1.54, 1.807) is 4.90 Å². The van der Waals surface area contributed by atoms with Gasteiger partial charge in [-0.2, -0.15) is 0 Å². The van der Waals surface area contributed by atoms with E-state index in [0.717, 1.165) is 63.5 Å². The fourth-order valence-corrected chi connectivity index (χ4v) is 6.79. The van der Waals surface area contributed by atoms with Crippen LogP contribution in [0.25, 0.3) is 0 Å². The summed E-state index contributed by atoms with van der Waals surface area (Å²) in [5.41, 5.74) is -0.605. The van der Waals surface area contributed by atoms with Crippen molar-refractivity contribution in [3.63, 3.8) is 0 Å². The summed E-state index contributed by atoms with van der Waals surface area (Å²) in [6, 6.07) is 2.50. The number of nitrogens with zero attached hydrogens (tertiary/aromatic N) is 2. The van der Waals surface area contributed by atoms with Crippen molar-refractivity contribution in [2.75, 3.05) is 25.0 Å². The summed E-state index contributed by atoms with van der Waals surface area (Å²) in [4.78, 5) is 29.6. The molecule has 1 aromatic rings. The van der Waals surface area contributed by atoms with Gasteiger partial charge in [0.2, 0.25) is 0 Å². The first kappa shape index (κ1) is 22.4. The van der Waals surface area contributed by atoms with Crippen LogP contribution in [0.2, 0.25) is 0 Å². The molecule has 6 nitrogen and oxygen atoms in total. The van der Waals surface area contributed by atoms with E-state index in [2.05, 4.69) is 5.32 Å². The van der Waals surface area contributed by atoms with Crippen LogP contribution >= 0.6 is 0 Å². The van der Waals surface area contributed by atoms with Crippen LogP contribution in [0.1, 0.15) is 64.2 Å². The number of anilines is 1. The van der Waals surface area contributed by atoms with Crippen molar-refractivity contribution in [1.29, 1.82) is 0 Å². The lowest BCUT2D eigenvalue weighted by molar-refractivity contribution is -0.0955. The number of carbonyl (C=O) groups is 2. The number of amides is 3. The van der Waals surface area contributed by atoms with Crippen LogP contribution < -0.4 is 5.32 Å². The minimum absolute atomic E-state index is 0.0478. The fourth-order valence-electron chi connectivity index (χ4n) is 6.79. The van der Waals surface area contributed by atoms with Crippen molar-refractivity contribution in [3.8, 4) is 0 Å². The van der Waals surface area contributed by atoms with Crippen LogP contribution in [-0.2, 0) is 4.74 Å². The van der Waals surface area contributed by atoms with Gasteiger partial charge in [-0.1, -0.05) is 38.5 Å². The van der Waals surface area contributed by atoms with Gasteiger partial charge in [0.05, 0.1) is 11.7 Å². The highest BCUT2D eigenvalue weighted by molar-refractivity contribution is 5.89. The molecule has 1 atom stereocenters. The molecule has 5 rings (SSSR count). The zero-order chi connectivity index (χ0) is 23.0. The Balaban J connectivity index is 1.41. The Hall–Kier alpha value is -2.38. The topological polar surface area (TPSA) is 61.9 Å². The molecule has 1 unspecified atom stereocenters. The lowest BCUT2D eigenvalue weighted by Gasteiger charge is -2.50. The molecule has 2 aliphatic carbocycles. The molecule has 0 aromatic heterocycles. The molecule has 2 heterocycles. The number of cyclic esters (lactones) is 1. The van der Waals surface area contributed by atoms with Gasteiger partial charge in [-0.3, -0.25) is 4.90 Å². The molecule has 33 heavy (non-hydrogen) atoms. The van der Waals surface area contributed by atoms with Gasteiger partial charge in [-0.15, -0.1) is 0 Å². The number of fused-ring (bicyclic) bond motifs is 1. The second-order valence-corrected chi connectivity index (χ2v) is 10.1. The molecule has 4 fully saturated rings. The minimum Gasteiger partial charge on any atom is -0.440 e. The maximum atomic E-state index is 14.1. The van der Waals surface area contributed by atoms with Crippen LogP contribution in [0.5, 0.6) is 0 Å². The van der Waals surface area contributed by atoms with Gasteiger partial charge in [-0.05, 0) is 37.8 Å². The van der Waals surface area contributed by atoms with Crippen molar-refractivity contribution < 1.29 is 23.1 Å². The number of rotatable bonds is 3. The molecular weight excluding hydrogens is 428 g/mol. The van der Waals surface area contributed by atoms with Crippen molar-refractivity contribution >= 4 is 17.8 Å². The molecule has 2 saturated carbocycles. The Morgan fingerprint density at radius 2 is 1.61 bits per heavy atom. The van der Waals surface area contributed by atoms with E-state index in [0.29, 0.717) is 31.5 Å². The monoisotopic (exact) mass is 461 g/mol. The average Bonchev–Trinajstić information content (AvgIpc) is 3.14. The molecule has 2 saturated heterocycles. The number of nitrogens with one attached hydrogen (secondary N) is 1. The number of urea groups is 1. The molecule has 8 heteroatoms. The van der Waals surface area contributed by atoms with Crippen LogP contribution in [-0.4, -0.2) is 53.2 Å². The zero-order valence-corrected chi connectivity index (χ0v) is 19.0. The van der Waals surface area contributed by atoms with E-state index in [-0.39, 0.29) is 17.8 Å². The van der Waals surface area contributed by atoms with Gasteiger partial charge in [0.25, 0.3) is 0 Å². The lowest BCUT2D eigenvalue weighted by Crippen LogP contribution is -2.64. The fraction of sp³-hybridized carbons (Fsp3) is 0.680. The lowest BCUT2D eigenvalue weighted by atomic mass is 9.63. The van der Waals surface area contributed by atoms with Crippen molar-refractivity contribution in [3.05, 3.63) is 29.8 Å². The van der Waals surface area contributed by atoms with Gasteiger partial charge in [0.1, 0.15) is 17.2 Å². The summed E-state index contributed by atoms with van der Waals surface area (Å²) >= 11 is 0. The van der Waals surface area contributed by atoms with E-state index >= 15 is 0 Å². The second-order valence-electron chi connectivity index (χ2n) is 10.1. The van der Waals surface area contributed by atoms with E-state index < -0.39 is 23.3 Å². The van der Waals surface area contributed by atoms with E-state index in [1.165, 1.54) is 18.9 Å². The normalized spacial score (nSPS) is 26.1. The minimum atomic E-state index is -0.805. The largest absolute Gasteiger partial charge is 0.440 e. The molecule has 180 valence electrons. The SMILES string of the molecule is O=C(Nc1ccc(F)cc1F)N1CCN2C(=O)OC(C3CCCCC3)(C3CCCCC3)C2C1. The van der Waals surface area contributed by atoms with Gasteiger partial charge < -0.3 is 15.0 Å². The first-order chi connectivity index (χ1) is 16.0. The maximum absolute atomic E-state index is 14.1. The molecule has 4 aliphatic rings. The molecule has 1 N–H and O–H groups in total. The third kappa shape index (κ3) is 4.06. The number of halogens is 2. The Bertz CT molecular complexity index is 881. The summed E-state index contributed by atoms with van der Waals surface area (Å²) in [7, 11) is 0. The van der Waals surface area contributed by atoms with Gasteiger partial charge >= 0.3 is 12.1 Å². The number of hydrogen-bond acceptors (Lipinski definition) is 3. The van der Waals surface area contributed by atoms with Crippen LogP contribution in [0, 0.1) is 23.5 Å². The molecule has 0 radical (unpaired) electrons. The molecule has 1 aromatic carbocycles. The molecule has 3 amide bonds. The van der Waals surface area contributed by atoms with Crippen molar-refractivity contribution in [1.82, 2.24) is 9.80 Å². The summed E-state index contributed by atoms with van der Waals surface area (Å²) in [6.07, 6.45) is 11.0. The second kappa shape index (κ2) is 9.11. The highest BCUT2D eigenvalue weighted by Crippen LogP contribution is 2.52. The number of hydrogen-bond donors (Lipinski definition) is 1. The standard InChI is InChI=1S/C25H33F2N3O3/c26-19-11-12-21(20(27)15-19)28-23(31)29-13-14-30-22(16-29)25(33-24(30)32,17-7-3-1-4-8-17)18-9-5-2-6-10-18/h11-12,15,17-18,22H,1-10,13-14,16H2,(H,28,31). The Kier molecular flexibility index (Phi) is 6.18. The zero-order valence-electron chi connectivity index (χ0n) is 19.0. The van der Waals surface area contributed by atoms with Gasteiger partial charge in [-0.25, -0.2) is 18.4 Å². The molecule has 0 bridgehead atoms. The average molecular weight is 462 g/mol. The van der Waals surface area contributed by atoms with E-state index in [9.17, 15) is 18.4 Å². The molecule has 0 spiro atoms. The van der Waals surface area contributed by atoms with E-state index in [4.69, 9.17) is 4.74 Å². The van der Waals surface area contributed by atoms with Crippen LogP contribution in [0.15, 0.2) is 18.2 Å².